The molecule has 1 saturated heterocycles. The van der Waals surface area contributed by atoms with Gasteiger partial charge in [0, 0.05) is 6.54 Å². The SMILES string of the molecule is CCN1CCCC(n2c(=O)[nH]c3ccc(C(=O)O)cc32)C1. The number of hydrogen-bond acceptors (Lipinski definition) is 3. The van der Waals surface area contributed by atoms with Crippen molar-refractivity contribution in [2.45, 2.75) is 25.8 Å². The van der Waals surface area contributed by atoms with Gasteiger partial charge < -0.3 is 15.0 Å². The minimum Gasteiger partial charge on any atom is -0.478 e. The van der Waals surface area contributed by atoms with Crippen molar-refractivity contribution in [3.63, 3.8) is 0 Å². The number of aromatic nitrogens is 2. The molecule has 1 aliphatic rings. The molecule has 1 aromatic heterocycles. The average Bonchev–Trinajstić information content (AvgIpc) is 2.82. The van der Waals surface area contributed by atoms with Gasteiger partial charge in [0.15, 0.2) is 0 Å². The molecule has 2 N–H and O–H groups in total. The van der Waals surface area contributed by atoms with Crippen LogP contribution >= 0.6 is 0 Å². The molecule has 0 saturated carbocycles. The van der Waals surface area contributed by atoms with Crippen molar-refractivity contribution in [1.29, 1.82) is 0 Å². The number of carbonyl (C=O) groups is 1. The van der Waals surface area contributed by atoms with Crippen LogP contribution in [0.4, 0.5) is 0 Å². The second-order valence-corrected chi connectivity index (χ2v) is 5.53. The molecular formula is C15H19N3O3. The monoisotopic (exact) mass is 289 g/mol. The molecule has 21 heavy (non-hydrogen) atoms. The van der Waals surface area contributed by atoms with E-state index in [4.69, 9.17) is 5.11 Å². The van der Waals surface area contributed by atoms with Crippen molar-refractivity contribution in [2.24, 2.45) is 0 Å². The van der Waals surface area contributed by atoms with Crippen LogP contribution in [0.15, 0.2) is 23.0 Å². The fourth-order valence-electron chi connectivity index (χ4n) is 3.15. The van der Waals surface area contributed by atoms with Crippen LogP contribution in [0.25, 0.3) is 11.0 Å². The van der Waals surface area contributed by atoms with E-state index in [2.05, 4.69) is 16.8 Å². The summed E-state index contributed by atoms with van der Waals surface area (Å²) >= 11 is 0. The number of piperidine rings is 1. The van der Waals surface area contributed by atoms with Gasteiger partial charge in [0.05, 0.1) is 22.6 Å². The maximum atomic E-state index is 12.3. The third-order valence-corrected chi connectivity index (χ3v) is 4.26. The van der Waals surface area contributed by atoms with Gasteiger partial charge in [0.2, 0.25) is 0 Å². The minimum absolute atomic E-state index is 0.101. The number of likely N-dealkylation sites (N-methyl/N-ethyl adjacent to an activating group) is 1. The Kier molecular flexibility index (Phi) is 3.55. The van der Waals surface area contributed by atoms with Gasteiger partial charge in [-0.05, 0) is 44.1 Å². The van der Waals surface area contributed by atoms with Gasteiger partial charge in [-0.15, -0.1) is 0 Å². The second kappa shape index (κ2) is 5.37. The summed E-state index contributed by atoms with van der Waals surface area (Å²) in [5.41, 5.74) is 1.43. The predicted molar refractivity (Wildman–Crippen MR) is 79.9 cm³/mol. The van der Waals surface area contributed by atoms with E-state index in [1.807, 2.05) is 0 Å². The zero-order chi connectivity index (χ0) is 15.0. The highest BCUT2D eigenvalue weighted by atomic mass is 16.4. The van der Waals surface area contributed by atoms with Gasteiger partial charge in [0.25, 0.3) is 0 Å². The number of rotatable bonds is 3. The Morgan fingerprint density at radius 1 is 1.48 bits per heavy atom. The van der Waals surface area contributed by atoms with Gasteiger partial charge >= 0.3 is 11.7 Å². The number of nitrogens with zero attached hydrogens (tertiary/aromatic N) is 2. The molecule has 6 nitrogen and oxygen atoms in total. The first-order valence-electron chi connectivity index (χ1n) is 7.30. The number of likely N-dealkylation sites (tertiary alicyclic amines) is 1. The van der Waals surface area contributed by atoms with E-state index in [0.717, 1.165) is 32.5 Å². The van der Waals surface area contributed by atoms with Crippen LogP contribution < -0.4 is 5.69 Å². The molecule has 2 heterocycles. The van der Waals surface area contributed by atoms with Crippen molar-refractivity contribution in [1.82, 2.24) is 14.5 Å². The fraction of sp³-hybridized carbons (Fsp3) is 0.467. The molecule has 2 aromatic rings. The number of nitrogens with one attached hydrogen (secondary N) is 1. The van der Waals surface area contributed by atoms with Crippen LogP contribution in [0.1, 0.15) is 36.2 Å². The highest BCUT2D eigenvalue weighted by Crippen LogP contribution is 2.24. The summed E-state index contributed by atoms with van der Waals surface area (Å²) < 4.78 is 1.73. The smallest absolute Gasteiger partial charge is 0.335 e. The molecule has 6 heteroatoms. The molecule has 0 bridgehead atoms. The Balaban J connectivity index is 2.08. The second-order valence-electron chi connectivity index (χ2n) is 5.53. The zero-order valence-electron chi connectivity index (χ0n) is 12.0. The Morgan fingerprint density at radius 3 is 3.00 bits per heavy atom. The molecule has 0 amide bonds. The van der Waals surface area contributed by atoms with E-state index >= 15 is 0 Å². The third kappa shape index (κ3) is 2.47. The maximum Gasteiger partial charge on any atom is 0.335 e. The van der Waals surface area contributed by atoms with Crippen LogP contribution in [-0.2, 0) is 0 Å². The largest absolute Gasteiger partial charge is 0.478 e. The van der Waals surface area contributed by atoms with Crippen LogP contribution in [0.5, 0.6) is 0 Å². The Labute approximate surface area is 122 Å². The highest BCUT2D eigenvalue weighted by Gasteiger charge is 2.23. The van der Waals surface area contributed by atoms with Gasteiger partial charge in [-0.25, -0.2) is 9.59 Å². The van der Waals surface area contributed by atoms with Crippen LogP contribution in [-0.4, -0.2) is 45.2 Å². The number of carboxylic acids is 1. The third-order valence-electron chi connectivity index (χ3n) is 4.26. The summed E-state index contributed by atoms with van der Waals surface area (Å²) in [4.78, 5) is 28.5. The molecule has 1 unspecified atom stereocenters. The molecular weight excluding hydrogens is 270 g/mol. The molecule has 1 fully saturated rings. The van der Waals surface area contributed by atoms with Crippen LogP contribution in [0.2, 0.25) is 0 Å². The van der Waals surface area contributed by atoms with Crippen molar-refractivity contribution in [3.05, 3.63) is 34.2 Å². The molecule has 112 valence electrons. The standard InChI is InChI=1S/C15H19N3O3/c1-2-17-7-3-4-11(9-17)18-13-8-10(14(19)20)5-6-12(13)16-15(18)21/h5-6,8,11H,2-4,7,9H2,1H3,(H,16,21)(H,19,20). The molecule has 1 aliphatic heterocycles. The van der Waals surface area contributed by atoms with Gasteiger partial charge in [-0.3, -0.25) is 4.57 Å². The van der Waals surface area contributed by atoms with E-state index < -0.39 is 5.97 Å². The fourth-order valence-corrected chi connectivity index (χ4v) is 3.15. The summed E-state index contributed by atoms with van der Waals surface area (Å²) in [5.74, 6) is -0.976. The van der Waals surface area contributed by atoms with E-state index in [9.17, 15) is 9.59 Å². The zero-order valence-corrected chi connectivity index (χ0v) is 12.0. The van der Waals surface area contributed by atoms with Crippen LogP contribution in [0.3, 0.4) is 0 Å². The molecule has 3 rings (SSSR count). The topological polar surface area (TPSA) is 78.3 Å². The minimum atomic E-state index is -0.976. The summed E-state index contributed by atoms with van der Waals surface area (Å²) in [5, 5.41) is 9.13. The Bertz CT molecular complexity index is 731. The van der Waals surface area contributed by atoms with Crippen molar-refractivity contribution >= 4 is 17.0 Å². The highest BCUT2D eigenvalue weighted by molar-refractivity contribution is 5.92. The number of carboxylic acid groups (broad SMARTS) is 1. The first-order chi connectivity index (χ1) is 10.1. The number of aromatic carboxylic acids is 1. The molecule has 1 atom stereocenters. The van der Waals surface area contributed by atoms with E-state index in [1.165, 1.54) is 6.07 Å². The summed E-state index contributed by atoms with van der Waals surface area (Å²) in [6.07, 6.45) is 2.00. The number of benzene rings is 1. The van der Waals surface area contributed by atoms with Crippen molar-refractivity contribution in [3.8, 4) is 0 Å². The molecule has 1 aromatic carbocycles. The quantitative estimate of drug-likeness (QED) is 0.901. The number of hydrogen-bond donors (Lipinski definition) is 2. The van der Waals surface area contributed by atoms with Crippen molar-refractivity contribution in [2.75, 3.05) is 19.6 Å². The first kappa shape index (κ1) is 13.9. The van der Waals surface area contributed by atoms with E-state index in [-0.39, 0.29) is 17.3 Å². The number of imidazole rings is 1. The van der Waals surface area contributed by atoms with Crippen LogP contribution in [0, 0.1) is 0 Å². The maximum absolute atomic E-state index is 12.3. The lowest BCUT2D eigenvalue weighted by Crippen LogP contribution is -2.39. The number of H-pyrrole nitrogens is 1. The van der Waals surface area contributed by atoms with Gasteiger partial charge in [-0.2, -0.15) is 0 Å². The lowest BCUT2D eigenvalue weighted by Gasteiger charge is -2.32. The van der Waals surface area contributed by atoms with Gasteiger partial charge in [0.1, 0.15) is 0 Å². The van der Waals surface area contributed by atoms with Gasteiger partial charge in [-0.1, -0.05) is 6.92 Å². The normalized spacial score (nSPS) is 20.0. The Morgan fingerprint density at radius 2 is 2.29 bits per heavy atom. The average molecular weight is 289 g/mol. The van der Waals surface area contributed by atoms with E-state index in [1.54, 1.807) is 16.7 Å². The predicted octanol–water partition coefficient (Wildman–Crippen LogP) is 1.68. The van der Waals surface area contributed by atoms with E-state index in [0.29, 0.717) is 11.0 Å². The molecule has 0 aliphatic carbocycles. The Hall–Kier alpha value is -2.08. The molecule has 0 spiro atoms. The summed E-state index contributed by atoms with van der Waals surface area (Å²) in [6.45, 7) is 4.97. The molecule has 0 radical (unpaired) electrons. The lowest BCUT2D eigenvalue weighted by molar-refractivity contribution is 0.0697. The summed E-state index contributed by atoms with van der Waals surface area (Å²) in [7, 11) is 0. The lowest BCUT2D eigenvalue weighted by atomic mass is 10.1. The first-order valence-corrected chi connectivity index (χ1v) is 7.30. The summed E-state index contributed by atoms with van der Waals surface area (Å²) in [6, 6.07) is 4.87. The van der Waals surface area contributed by atoms with Crippen molar-refractivity contribution < 1.29 is 9.90 Å². The number of fused-ring (bicyclic) bond motifs is 1. The number of aromatic amines is 1.